The molecule has 2 aromatic rings. The van der Waals surface area contributed by atoms with Crippen LogP contribution in [0, 0.1) is 0 Å². The minimum absolute atomic E-state index is 0.298. The number of hydrogen-bond donors (Lipinski definition) is 3. The molecule has 1 aromatic carbocycles. The number of aromatic hydroxyl groups is 1. The van der Waals surface area contributed by atoms with Crippen LogP contribution in [0.25, 0.3) is 0 Å². The van der Waals surface area contributed by atoms with E-state index < -0.39 is 22.9 Å². The fourth-order valence-corrected chi connectivity index (χ4v) is 3.04. The van der Waals surface area contributed by atoms with Gasteiger partial charge < -0.3 is 20.7 Å². The van der Waals surface area contributed by atoms with Gasteiger partial charge >= 0.3 is 0 Å². The first-order valence-corrected chi connectivity index (χ1v) is 8.08. The zero-order chi connectivity index (χ0) is 18.0. The van der Waals surface area contributed by atoms with Crippen molar-refractivity contribution in [2.24, 2.45) is 5.73 Å². The van der Waals surface area contributed by atoms with Gasteiger partial charge in [0.05, 0.1) is 6.04 Å². The fraction of sp³-hybridized carbons (Fsp3) is 0.353. The van der Waals surface area contributed by atoms with E-state index in [-0.39, 0.29) is 6.04 Å². The predicted octanol–water partition coefficient (Wildman–Crippen LogP) is -0.0888. The summed E-state index contributed by atoms with van der Waals surface area (Å²) in [6, 6.07) is 9.28. The van der Waals surface area contributed by atoms with Gasteiger partial charge in [-0.2, -0.15) is 0 Å². The zero-order valence-electron chi connectivity index (χ0n) is 14.0. The van der Waals surface area contributed by atoms with Gasteiger partial charge in [0.2, 0.25) is 5.75 Å². The first kappa shape index (κ1) is 17.1. The van der Waals surface area contributed by atoms with Gasteiger partial charge in [0.1, 0.15) is 5.82 Å². The van der Waals surface area contributed by atoms with E-state index in [1.807, 2.05) is 30.3 Å². The molecule has 0 bridgehead atoms. The summed E-state index contributed by atoms with van der Waals surface area (Å²) < 4.78 is 0. The second kappa shape index (κ2) is 7.04. The van der Waals surface area contributed by atoms with Crippen LogP contribution in [0.15, 0.2) is 35.1 Å². The maximum absolute atomic E-state index is 12.1. The number of amides is 1. The maximum Gasteiger partial charge on any atom is 0.293 e. The normalized spacial score (nSPS) is 17.3. The van der Waals surface area contributed by atoms with Crippen molar-refractivity contribution in [3.63, 3.8) is 0 Å². The largest absolute Gasteiger partial charge is 0.501 e. The molecule has 8 nitrogen and oxygen atoms in total. The fourth-order valence-electron chi connectivity index (χ4n) is 3.04. The topological polar surface area (TPSA) is 116 Å². The lowest BCUT2D eigenvalue weighted by Gasteiger charge is -2.37. The lowest BCUT2D eigenvalue weighted by atomic mass is 10.0. The Morgan fingerprint density at radius 1 is 1.24 bits per heavy atom. The van der Waals surface area contributed by atoms with E-state index in [9.17, 15) is 14.7 Å². The minimum atomic E-state index is -0.935. The van der Waals surface area contributed by atoms with Gasteiger partial charge in [-0.3, -0.25) is 14.5 Å². The third-order valence-corrected chi connectivity index (χ3v) is 4.42. The van der Waals surface area contributed by atoms with Gasteiger partial charge in [0.25, 0.3) is 11.5 Å². The van der Waals surface area contributed by atoms with Crippen molar-refractivity contribution in [3.05, 3.63) is 57.8 Å². The molecule has 0 radical (unpaired) electrons. The second-order valence-electron chi connectivity index (χ2n) is 6.17. The molecule has 8 heteroatoms. The van der Waals surface area contributed by atoms with E-state index in [2.05, 4.69) is 26.8 Å². The number of aromatic amines is 1. The molecule has 3 rings (SSSR count). The van der Waals surface area contributed by atoms with Crippen LogP contribution in [0.5, 0.6) is 5.75 Å². The summed E-state index contributed by atoms with van der Waals surface area (Å²) in [5.74, 6) is -1.39. The molecule has 132 valence electrons. The molecule has 4 N–H and O–H groups in total. The number of carbonyl (C=O) groups excluding carboxylic acids is 1. The number of likely N-dealkylation sites (N-methyl/N-ethyl adjacent to an activating group) is 1. The number of hydrogen-bond acceptors (Lipinski definition) is 6. The molecule has 2 heterocycles. The van der Waals surface area contributed by atoms with E-state index >= 15 is 0 Å². The molecule has 1 aromatic heterocycles. The van der Waals surface area contributed by atoms with Crippen molar-refractivity contribution in [2.45, 2.75) is 6.04 Å². The molecular formula is C17H21N5O3. The third kappa shape index (κ3) is 3.54. The van der Waals surface area contributed by atoms with E-state index in [1.165, 1.54) is 0 Å². The van der Waals surface area contributed by atoms with Crippen LogP contribution in [0.3, 0.4) is 0 Å². The van der Waals surface area contributed by atoms with Crippen LogP contribution in [-0.2, 0) is 0 Å². The highest BCUT2D eigenvalue weighted by atomic mass is 16.3. The second-order valence-corrected chi connectivity index (χ2v) is 6.17. The number of benzene rings is 1. The molecule has 1 aliphatic heterocycles. The molecule has 1 atom stereocenters. The number of nitrogens with two attached hydrogens (primary N) is 1. The van der Waals surface area contributed by atoms with Gasteiger partial charge in [0.15, 0.2) is 5.69 Å². The van der Waals surface area contributed by atoms with Crippen molar-refractivity contribution in [2.75, 3.05) is 33.2 Å². The SMILES string of the molecule is CN1CCN(C(c2ccccc2)c2nc(C(N)=O)c(O)c(=O)[nH]2)CC1. The smallest absolute Gasteiger partial charge is 0.293 e. The van der Waals surface area contributed by atoms with E-state index in [4.69, 9.17) is 5.73 Å². The molecule has 0 aliphatic carbocycles. The summed E-state index contributed by atoms with van der Waals surface area (Å²) in [7, 11) is 2.06. The zero-order valence-corrected chi connectivity index (χ0v) is 14.0. The Balaban J connectivity index is 2.09. The number of aromatic nitrogens is 2. The molecule has 0 saturated carbocycles. The number of carbonyl (C=O) groups is 1. The highest BCUT2D eigenvalue weighted by Gasteiger charge is 2.29. The Morgan fingerprint density at radius 2 is 1.88 bits per heavy atom. The first-order valence-electron chi connectivity index (χ1n) is 8.08. The Labute approximate surface area is 144 Å². The Bertz CT molecular complexity index is 813. The summed E-state index contributed by atoms with van der Waals surface area (Å²) >= 11 is 0. The van der Waals surface area contributed by atoms with Crippen molar-refractivity contribution in [1.29, 1.82) is 0 Å². The van der Waals surface area contributed by atoms with Gasteiger partial charge in [0, 0.05) is 26.2 Å². The summed E-state index contributed by atoms with van der Waals surface area (Å²) in [4.78, 5) is 34.8. The minimum Gasteiger partial charge on any atom is -0.501 e. The third-order valence-electron chi connectivity index (χ3n) is 4.42. The lowest BCUT2D eigenvalue weighted by molar-refractivity contribution is 0.0989. The molecule has 0 spiro atoms. The summed E-state index contributed by atoms with van der Waals surface area (Å²) in [5, 5.41) is 9.76. The van der Waals surface area contributed by atoms with Crippen molar-refractivity contribution >= 4 is 5.91 Å². The van der Waals surface area contributed by atoms with Crippen LogP contribution in [-0.4, -0.2) is 64.0 Å². The van der Waals surface area contributed by atoms with Gasteiger partial charge in [-0.15, -0.1) is 0 Å². The molecule has 1 amide bonds. The first-order chi connectivity index (χ1) is 12.0. The van der Waals surface area contributed by atoms with Crippen LogP contribution in [0.1, 0.15) is 27.9 Å². The average Bonchev–Trinajstić information content (AvgIpc) is 2.60. The van der Waals surface area contributed by atoms with E-state index in [1.54, 1.807) is 0 Å². The maximum atomic E-state index is 12.1. The molecule has 1 fully saturated rings. The van der Waals surface area contributed by atoms with Crippen molar-refractivity contribution < 1.29 is 9.90 Å². The predicted molar refractivity (Wildman–Crippen MR) is 92.4 cm³/mol. The van der Waals surface area contributed by atoms with Crippen molar-refractivity contribution in [3.8, 4) is 5.75 Å². The van der Waals surface area contributed by atoms with Gasteiger partial charge in [-0.05, 0) is 12.6 Å². The number of primary amides is 1. The Hall–Kier alpha value is -2.71. The standard InChI is InChI=1S/C17H21N5O3/c1-21-7-9-22(10-8-21)13(11-5-3-2-4-6-11)16-19-12(15(18)24)14(23)17(25)20-16/h2-6,13,23H,7-10H2,1H3,(H2,18,24)(H,19,20,25). The lowest BCUT2D eigenvalue weighted by Crippen LogP contribution is -2.46. The number of H-pyrrole nitrogens is 1. The molecule has 1 unspecified atom stereocenters. The Morgan fingerprint density at radius 3 is 2.48 bits per heavy atom. The molecule has 1 aliphatic rings. The Kier molecular flexibility index (Phi) is 4.82. The van der Waals surface area contributed by atoms with E-state index in [0.29, 0.717) is 5.82 Å². The summed E-state index contributed by atoms with van der Waals surface area (Å²) in [6.45, 7) is 3.34. The van der Waals surface area contributed by atoms with Crippen LogP contribution in [0.4, 0.5) is 0 Å². The van der Waals surface area contributed by atoms with Gasteiger partial charge in [-0.25, -0.2) is 4.98 Å². The highest BCUT2D eigenvalue weighted by Crippen LogP contribution is 2.27. The quantitative estimate of drug-likeness (QED) is 0.715. The number of nitrogens with one attached hydrogen (secondary N) is 1. The average molecular weight is 343 g/mol. The summed E-state index contributed by atoms with van der Waals surface area (Å²) in [6.07, 6.45) is 0. The number of rotatable bonds is 4. The highest BCUT2D eigenvalue weighted by molar-refractivity contribution is 5.93. The molecular weight excluding hydrogens is 322 g/mol. The molecule has 1 saturated heterocycles. The van der Waals surface area contributed by atoms with Gasteiger partial charge in [-0.1, -0.05) is 30.3 Å². The van der Waals surface area contributed by atoms with Crippen molar-refractivity contribution in [1.82, 2.24) is 19.8 Å². The molecule has 25 heavy (non-hydrogen) atoms. The summed E-state index contributed by atoms with van der Waals surface area (Å²) in [5.41, 5.74) is 5.02. The van der Waals surface area contributed by atoms with Crippen LogP contribution >= 0.6 is 0 Å². The van der Waals surface area contributed by atoms with E-state index in [0.717, 1.165) is 31.7 Å². The van der Waals surface area contributed by atoms with Crippen LogP contribution < -0.4 is 11.3 Å². The van der Waals surface area contributed by atoms with Crippen LogP contribution in [0.2, 0.25) is 0 Å². The number of nitrogens with zero attached hydrogens (tertiary/aromatic N) is 3. The number of piperazine rings is 1. The monoisotopic (exact) mass is 343 g/mol.